The lowest BCUT2D eigenvalue weighted by molar-refractivity contribution is 0.537. The zero-order valence-electron chi connectivity index (χ0n) is 18.8. The van der Waals surface area contributed by atoms with Gasteiger partial charge < -0.3 is 0 Å². The van der Waals surface area contributed by atoms with Gasteiger partial charge in [0.2, 0.25) is 0 Å². The summed E-state index contributed by atoms with van der Waals surface area (Å²) in [5, 5.41) is 0. The van der Waals surface area contributed by atoms with Gasteiger partial charge in [0, 0.05) is 0 Å². The number of unbranched alkanes of at least 4 members (excludes halogenated alkanes) is 21. The SMILES string of the molecule is [CH2]CCCCCCCCC=CCCCCCCCCCCCCCCC[CH2]. The van der Waals surface area contributed by atoms with Crippen LogP contribution in [0, 0.1) is 13.8 Å². The second kappa shape index (κ2) is 25.7. The third-order valence-corrected chi connectivity index (χ3v) is 5.66. The number of rotatable bonds is 23. The van der Waals surface area contributed by atoms with Gasteiger partial charge in [-0.1, -0.05) is 148 Å². The van der Waals surface area contributed by atoms with Gasteiger partial charge in [0.05, 0.1) is 0 Å². The van der Waals surface area contributed by atoms with E-state index in [1.165, 1.54) is 135 Å². The first-order chi connectivity index (χ1) is 13.4. The van der Waals surface area contributed by atoms with Crippen molar-refractivity contribution in [1.82, 2.24) is 0 Å². The molecule has 0 saturated heterocycles. The molecular formula is C27H52. The molecule has 0 aromatic rings. The molecule has 0 aromatic carbocycles. The van der Waals surface area contributed by atoms with E-state index in [1.807, 2.05) is 0 Å². The molecule has 0 spiro atoms. The van der Waals surface area contributed by atoms with E-state index in [2.05, 4.69) is 26.0 Å². The van der Waals surface area contributed by atoms with E-state index in [9.17, 15) is 0 Å². The highest BCUT2D eigenvalue weighted by Crippen LogP contribution is 2.13. The first kappa shape index (κ1) is 26.7. The van der Waals surface area contributed by atoms with Crippen LogP contribution in [0.25, 0.3) is 0 Å². The van der Waals surface area contributed by atoms with Crippen molar-refractivity contribution in [3.8, 4) is 0 Å². The third kappa shape index (κ3) is 25.7. The Balaban J connectivity index is 3.04. The average molecular weight is 377 g/mol. The molecule has 0 amide bonds. The fourth-order valence-corrected chi connectivity index (χ4v) is 3.77. The predicted molar refractivity (Wildman–Crippen MR) is 126 cm³/mol. The molecule has 0 aliphatic carbocycles. The van der Waals surface area contributed by atoms with Gasteiger partial charge in [-0.05, 0) is 25.7 Å². The Morgan fingerprint density at radius 2 is 0.519 bits per heavy atom. The van der Waals surface area contributed by atoms with Gasteiger partial charge in [0.25, 0.3) is 0 Å². The van der Waals surface area contributed by atoms with E-state index in [4.69, 9.17) is 0 Å². The Morgan fingerprint density at radius 3 is 0.778 bits per heavy atom. The minimum atomic E-state index is 1.11. The van der Waals surface area contributed by atoms with E-state index in [-0.39, 0.29) is 0 Å². The summed E-state index contributed by atoms with van der Waals surface area (Å²) in [7, 11) is 0. The zero-order chi connectivity index (χ0) is 19.7. The molecule has 0 aliphatic rings. The van der Waals surface area contributed by atoms with Gasteiger partial charge in [-0.25, -0.2) is 0 Å². The van der Waals surface area contributed by atoms with Crippen LogP contribution < -0.4 is 0 Å². The van der Waals surface area contributed by atoms with Crippen LogP contribution in [0.1, 0.15) is 148 Å². The quantitative estimate of drug-likeness (QED) is 0.123. The molecule has 0 nitrogen and oxygen atoms in total. The lowest BCUT2D eigenvalue weighted by atomic mass is 10.0. The molecule has 0 saturated carbocycles. The molecule has 0 fully saturated rings. The van der Waals surface area contributed by atoms with Gasteiger partial charge in [0.1, 0.15) is 0 Å². The molecular weight excluding hydrogens is 324 g/mol. The molecule has 0 N–H and O–H groups in total. The van der Waals surface area contributed by atoms with E-state index >= 15 is 0 Å². The second-order valence-electron chi connectivity index (χ2n) is 8.47. The van der Waals surface area contributed by atoms with Crippen molar-refractivity contribution in [2.75, 3.05) is 0 Å². The van der Waals surface area contributed by atoms with Gasteiger partial charge >= 0.3 is 0 Å². The van der Waals surface area contributed by atoms with Crippen LogP contribution in [-0.4, -0.2) is 0 Å². The highest BCUT2D eigenvalue weighted by atomic mass is 14.0. The second-order valence-corrected chi connectivity index (χ2v) is 8.47. The molecule has 0 bridgehead atoms. The van der Waals surface area contributed by atoms with Crippen LogP contribution in [0.15, 0.2) is 12.2 Å². The monoisotopic (exact) mass is 376 g/mol. The van der Waals surface area contributed by atoms with Crippen LogP contribution in [0.4, 0.5) is 0 Å². The van der Waals surface area contributed by atoms with E-state index in [1.54, 1.807) is 0 Å². The minimum Gasteiger partial charge on any atom is -0.0885 e. The van der Waals surface area contributed by atoms with Gasteiger partial charge in [-0.15, -0.1) is 0 Å². The number of hydrogen-bond acceptors (Lipinski definition) is 0. The molecule has 0 aliphatic heterocycles. The van der Waals surface area contributed by atoms with Gasteiger partial charge in [-0.3, -0.25) is 0 Å². The van der Waals surface area contributed by atoms with Crippen LogP contribution >= 0.6 is 0 Å². The van der Waals surface area contributed by atoms with Crippen LogP contribution in [-0.2, 0) is 0 Å². The molecule has 0 rings (SSSR count). The van der Waals surface area contributed by atoms with Crippen molar-refractivity contribution in [3.05, 3.63) is 26.0 Å². The summed E-state index contributed by atoms with van der Waals surface area (Å²) < 4.78 is 0. The number of hydrogen-bond donors (Lipinski definition) is 0. The molecule has 0 heteroatoms. The molecule has 160 valence electrons. The molecule has 0 unspecified atom stereocenters. The topological polar surface area (TPSA) is 0 Å². The highest BCUT2D eigenvalue weighted by Gasteiger charge is 1.94. The molecule has 0 atom stereocenters. The lowest BCUT2D eigenvalue weighted by Gasteiger charge is -2.03. The maximum absolute atomic E-state index is 3.91. The Hall–Kier alpha value is -0.260. The van der Waals surface area contributed by atoms with Crippen molar-refractivity contribution in [3.63, 3.8) is 0 Å². The molecule has 2 radical (unpaired) electrons. The van der Waals surface area contributed by atoms with Crippen LogP contribution in [0.3, 0.4) is 0 Å². The summed E-state index contributed by atoms with van der Waals surface area (Å²) in [6.45, 7) is 7.81. The van der Waals surface area contributed by atoms with Crippen molar-refractivity contribution in [2.45, 2.75) is 148 Å². The Labute approximate surface area is 174 Å². The fourth-order valence-electron chi connectivity index (χ4n) is 3.77. The van der Waals surface area contributed by atoms with E-state index in [0.717, 1.165) is 12.8 Å². The van der Waals surface area contributed by atoms with Gasteiger partial charge in [0.15, 0.2) is 0 Å². The van der Waals surface area contributed by atoms with Crippen molar-refractivity contribution >= 4 is 0 Å². The number of allylic oxidation sites excluding steroid dienone is 2. The summed E-state index contributed by atoms with van der Waals surface area (Å²) >= 11 is 0. The van der Waals surface area contributed by atoms with Crippen molar-refractivity contribution < 1.29 is 0 Å². The molecule has 27 heavy (non-hydrogen) atoms. The first-order valence-corrected chi connectivity index (χ1v) is 12.6. The summed E-state index contributed by atoms with van der Waals surface area (Å²) in [5.41, 5.74) is 0. The zero-order valence-corrected chi connectivity index (χ0v) is 18.8. The lowest BCUT2D eigenvalue weighted by Crippen LogP contribution is -1.83. The third-order valence-electron chi connectivity index (χ3n) is 5.66. The van der Waals surface area contributed by atoms with Crippen molar-refractivity contribution in [1.29, 1.82) is 0 Å². The predicted octanol–water partition coefficient (Wildman–Crippen LogP) is 10.2. The maximum atomic E-state index is 3.91. The summed E-state index contributed by atoms with van der Waals surface area (Å²) in [6, 6.07) is 0. The smallest absolute Gasteiger partial charge is 0.0351 e. The van der Waals surface area contributed by atoms with Crippen molar-refractivity contribution in [2.24, 2.45) is 0 Å². The average Bonchev–Trinajstić information content (AvgIpc) is 2.68. The normalized spacial score (nSPS) is 11.6. The largest absolute Gasteiger partial charge is 0.0885 e. The molecule has 0 aromatic heterocycles. The molecule has 0 heterocycles. The van der Waals surface area contributed by atoms with E-state index in [0.29, 0.717) is 0 Å². The summed E-state index contributed by atoms with van der Waals surface area (Å²) in [6.07, 6.45) is 36.7. The standard InChI is InChI=1S/C27H52/c1-3-5-7-9-11-13-15-17-19-21-23-25-27-26-24-22-20-18-16-14-12-10-8-6-4-2/h19,21H,1-18,20,22-27H2. The maximum Gasteiger partial charge on any atom is -0.0351 e. The Morgan fingerprint density at radius 1 is 0.296 bits per heavy atom. The van der Waals surface area contributed by atoms with E-state index < -0.39 is 0 Å². The highest BCUT2D eigenvalue weighted by molar-refractivity contribution is 4.81. The Kier molecular flexibility index (Phi) is 25.5. The summed E-state index contributed by atoms with van der Waals surface area (Å²) in [5.74, 6) is 0. The van der Waals surface area contributed by atoms with Gasteiger partial charge in [-0.2, -0.15) is 0 Å². The first-order valence-electron chi connectivity index (χ1n) is 12.6. The minimum absolute atomic E-state index is 1.11. The Bertz CT molecular complexity index is 265. The van der Waals surface area contributed by atoms with Crippen LogP contribution in [0.2, 0.25) is 0 Å². The fraction of sp³-hybridized carbons (Fsp3) is 0.852. The van der Waals surface area contributed by atoms with Crippen LogP contribution in [0.5, 0.6) is 0 Å². The summed E-state index contributed by atoms with van der Waals surface area (Å²) in [4.78, 5) is 0.